The van der Waals surface area contributed by atoms with E-state index in [4.69, 9.17) is 4.52 Å². The third-order valence-corrected chi connectivity index (χ3v) is 5.41. The van der Waals surface area contributed by atoms with Crippen LogP contribution >= 0.6 is 0 Å². The lowest BCUT2D eigenvalue weighted by Crippen LogP contribution is -2.62. The maximum absolute atomic E-state index is 13.4. The highest BCUT2D eigenvalue weighted by atomic mass is 16.5. The molecule has 28 heavy (non-hydrogen) atoms. The van der Waals surface area contributed by atoms with Gasteiger partial charge in [-0.15, -0.1) is 0 Å². The molecule has 0 saturated carbocycles. The quantitative estimate of drug-likeness (QED) is 0.771. The monoisotopic (exact) mass is 383 g/mol. The van der Waals surface area contributed by atoms with Crippen molar-refractivity contribution in [1.82, 2.24) is 15.4 Å². The summed E-state index contributed by atoms with van der Waals surface area (Å²) in [6.45, 7) is 11.8. The van der Waals surface area contributed by atoms with Crippen molar-refractivity contribution < 1.29 is 9.32 Å². The molecule has 1 aliphatic heterocycles. The molecule has 152 valence electrons. The molecular weight excluding hydrogens is 350 g/mol. The summed E-state index contributed by atoms with van der Waals surface area (Å²) in [7, 11) is 0. The summed E-state index contributed by atoms with van der Waals surface area (Å²) in [6.07, 6.45) is 3.88. The van der Waals surface area contributed by atoms with Crippen LogP contribution in [0.3, 0.4) is 0 Å². The summed E-state index contributed by atoms with van der Waals surface area (Å²) in [5.74, 6) is 0.269. The molecule has 0 bridgehead atoms. The SMILES string of the molecule is CCCCN(C(=O)c1cc(-c2ccccc2)no1)C1CC(C)(C)NC(C)(C)C1. The minimum atomic E-state index is -0.0540. The molecule has 1 aliphatic rings. The van der Waals surface area contributed by atoms with Crippen molar-refractivity contribution in [2.45, 2.75) is 77.4 Å². The number of hydrogen-bond acceptors (Lipinski definition) is 4. The Morgan fingerprint density at radius 2 is 1.82 bits per heavy atom. The van der Waals surface area contributed by atoms with Crippen LogP contribution in [0.5, 0.6) is 0 Å². The van der Waals surface area contributed by atoms with E-state index < -0.39 is 0 Å². The molecule has 0 aliphatic carbocycles. The highest BCUT2D eigenvalue weighted by molar-refractivity contribution is 5.92. The fourth-order valence-corrected chi connectivity index (χ4v) is 4.53. The molecular formula is C23H33N3O2. The van der Waals surface area contributed by atoms with Gasteiger partial charge in [-0.3, -0.25) is 4.79 Å². The maximum Gasteiger partial charge on any atom is 0.292 e. The van der Waals surface area contributed by atoms with Gasteiger partial charge in [0.25, 0.3) is 5.91 Å². The van der Waals surface area contributed by atoms with Gasteiger partial charge in [0.2, 0.25) is 5.76 Å². The normalized spacial score (nSPS) is 18.8. The number of amides is 1. The Hall–Kier alpha value is -2.14. The number of carbonyl (C=O) groups is 1. The van der Waals surface area contributed by atoms with E-state index in [9.17, 15) is 4.79 Å². The Kier molecular flexibility index (Phi) is 5.94. The van der Waals surface area contributed by atoms with Crippen molar-refractivity contribution >= 4 is 5.91 Å². The number of nitrogens with one attached hydrogen (secondary N) is 1. The Balaban J connectivity index is 1.85. The van der Waals surface area contributed by atoms with Gasteiger partial charge in [0.15, 0.2) is 0 Å². The number of aromatic nitrogens is 1. The fourth-order valence-electron chi connectivity index (χ4n) is 4.53. The van der Waals surface area contributed by atoms with Crippen molar-refractivity contribution in [3.05, 3.63) is 42.2 Å². The van der Waals surface area contributed by atoms with Crippen molar-refractivity contribution in [1.29, 1.82) is 0 Å². The second kappa shape index (κ2) is 8.08. The first-order valence-corrected chi connectivity index (χ1v) is 10.3. The van der Waals surface area contributed by atoms with E-state index in [2.05, 4.69) is 45.1 Å². The van der Waals surface area contributed by atoms with Crippen molar-refractivity contribution in [2.24, 2.45) is 0 Å². The van der Waals surface area contributed by atoms with Gasteiger partial charge in [0.05, 0.1) is 0 Å². The van der Waals surface area contributed by atoms with Crippen LogP contribution in [0.1, 0.15) is 70.9 Å². The number of benzene rings is 1. The van der Waals surface area contributed by atoms with Crippen LogP contribution < -0.4 is 5.32 Å². The second-order valence-corrected chi connectivity index (χ2v) is 9.25. The average molecular weight is 384 g/mol. The Morgan fingerprint density at radius 3 is 2.43 bits per heavy atom. The lowest BCUT2D eigenvalue weighted by molar-refractivity contribution is 0.0408. The molecule has 5 heteroatoms. The molecule has 0 atom stereocenters. The zero-order chi connectivity index (χ0) is 20.4. The first kappa shape index (κ1) is 20.6. The topological polar surface area (TPSA) is 58.4 Å². The number of piperidine rings is 1. The molecule has 0 radical (unpaired) electrons. The minimum absolute atomic E-state index is 0.0201. The Bertz CT molecular complexity index is 779. The molecule has 2 heterocycles. The smallest absolute Gasteiger partial charge is 0.292 e. The van der Waals surface area contributed by atoms with Gasteiger partial charge in [-0.1, -0.05) is 48.8 Å². The van der Waals surface area contributed by atoms with Gasteiger partial charge in [-0.25, -0.2) is 0 Å². The standard InChI is InChI=1S/C23H33N3O2/c1-6-7-13-26(18-15-22(2,3)25-23(4,5)16-18)21(27)20-14-19(24-28-20)17-11-9-8-10-12-17/h8-12,14,18,25H,6-7,13,15-16H2,1-5H3. The number of rotatable bonds is 6. The maximum atomic E-state index is 13.4. The predicted molar refractivity (Wildman–Crippen MR) is 112 cm³/mol. The van der Waals surface area contributed by atoms with E-state index in [0.717, 1.165) is 37.8 Å². The largest absolute Gasteiger partial charge is 0.350 e. The summed E-state index contributed by atoms with van der Waals surface area (Å²) in [6, 6.07) is 11.8. The third kappa shape index (κ3) is 4.82. The highest BCUT2D eigenvalue weighted by Gasteiger charge is 2.41. The van der Waals surface area contributed by atoms with E-state index in [1.54, 1.807) is 6.07 Å². The summed E-state index contributed by atoms with van der Waals surface area (Å²) in [5.41, 5.74) is 1.61. The van der Waals surface area contributed by atoms with Crippen LogP contribution in [0.15, 0.2) is 40.9 Å². The molecule has 1 N–H and O–H groups in total. The molecule has 3 rings (SSSR count). The van der Waals surface area contributed by atoms with Crippen LogP contribution in [0.2, 0.25) is 0 Å². The number of carbonyl (C=O) groups excluding carboxylic acids is 1. The van der Waals surface area contributed by atoms with Gasteiger partial charge in [0.1, 0.15) is 5.69 Å². The molecule has 1 fully saturated rings. The first-order chi connectivity index (χ1) is 13.2. The van der Waals surface area contributed by atoms with E-state index in [1.165, 1.54) is 0 Å². The van der Waals surface area contributed by atoms with Crippen LogP contribution in [-0.2, 0) is 0 Å². The predicted octanol–water partition coefficient (Wildman–Crippen LogP) is 4.89. The third-order valence-electron chi connectivity index (χ3n) is 5.41. The lowest BCUT2D eigenvalue weighted by atomic mass is 9.79. The second-order valence-electron chi connectivity index (χ2n) is 9.25. The van der Waals surface area contributed by atoms with Gasteiger partial charge >= 0.3 is 0 Å². The molecule has 0 unspecified atom stereocenters. The number of nitrogens with zero attached hydrogens (tertiary/aromatic N) is 2. The van der Waals surface area contributed by atoms with Gasteiger partial charge in [0, 0.05) is 35.3 Å². The number of unbranched alkanes of at least 4 members (excludes halogenated alkanes) is 1. The average Bonchev–Trinajstić information content (AvgIpc) is 3.10. The number of hydrogen-bond donors (Lipinski definition) is 1. The van der Waals surface area contributed by atoms with E-state index in [1.807, 2.05) is 35.2 Å². The van der Waals surface area contributed by atoms with Gasteiger partial charge in [-0.2, -0.15) is 0 Å². The Morgan fingerprint density at radius 1 is 1.18 bits per heavy atom. The molecule has 5 nitrogen and oxygen atoms in total. The lowest BCUT2D eigenvalue weighted by Gasteiger charge is -2.49. The molecule has 1 aromatic heterocycles. The van der Waals surface area contributed by atoms with E-state index in [-0.39, 0.29) is 23.0 Å². The molecule has 0 spiro atoms. The van der Waals surface area contributed by atoms with Crippen LogP contribution in [0.4, 0.5) is 0 Å². The van der Waals surface area contributed by atoms with Crippen LogP contribution in [0, 0.1) is 0 Å². The summed E-state index contributed by atoms with van der Waals surface area (Å²) < 4.78 is 5.48. The molecule has 1 amide bonds. The molecule has 1 aromatic carbocycles. The Labute approximate surface area is 168 Å². The van der Waals surface area contributed by atoms with Crippen molar-refractivity contribution in [3.63, 3.8) is 0 Å². The van der Waals surface area contributed by atoms with E-state index in [0.29, 0.717) is 11.5 Å². The van der Waals surface area contributed by atoms with Crippen molar-refractivity contribution in [3.8, 4) is 11.3 Å². The van der Waals surface area contributed by atoms with Crippen LogP contribution in [0.25, 0.3) is 11.3 Å². The molecule has 2 aromatic rings. The summed E-state index contributed by atoms with van der Waals surface area (Å²) >= 11 is 0. The summed E-state index contributed by atoms with van der Waals surface area (Å²) in [4.78, 5) is 15.4. The van der Waals surface area contributed by atoms with Crippen molar-refractivity contribution in [2.75, 3.05) is 6.54 Å². The summed E-state index contributed by atoms with van der Waals surface area (Å²) in [5, 5.41) is 7.84. The zero-order valence-electron chi connectivity index (χ0n) is 17.8. The minimum Gasteiger partial charge on any atom is -0.350 e. The van der Waals surface area contributed by atoms with Gasteiger partial charge in [-0.05, 0) is 47.0 Å². The fraction of sp³-hybridized carbons (Fsp3) is 0.565. The zero-order valence-corrected chi connectivity index (χ0v) is 17.8. The van der Waals surface area contributed by atoms with Gasteiger partial charge < -0.3 is 14.7 Å². The van der Waals surface area contributed by atoms with E-state index >= 15 is 0 Å². The van der Waals surface area contributed by atoms with Crippen LogP contribution in [-0.4, -0.2) is 39.6 Å². The molecule has 1 saturated heterocycles. The first-order valence-electron chi connectivity index (χ1n) is 10.3. The highest BCUT2D eigenvalue weighted by Crippen LogP contribution is 2.33.